The molecule has 1 aromatic heterocycles. The molecule has 1 amide bonds. The van der Waals surface area contributed by atoms with E-state index in [9.17, 15) is 10.1 Å². The summed E-state index contributed by atoms with van der Waals surface area (Å²) in [6.45, 7) is 7.99. The lowest BCUT2D eigenvalue weighted by atomic mass is 10.0. The number of rotatable bonds is 6. The Bertz CT molecular complexity index is 1460. The van der Waals surface area contributed by atoms with Gasteiger partial charge < -0.3 is 24.3 Å². The minimum atomic E-state index is -0.512. The highest BCUT2D eigenvalue weighted by Gasteiger charge is 2.34. The maximum absolute atomic E-state index is 12.3. The standard InChI is InChI=1S/C31H35N7O2/c1-3-29(39)37-16-17-38(24(18-32)19-37)30-26-13-15-36(28-12-6-9-22-8-4-5-11-25(22)28)20-27(26)33-31(34-30)40-21-23-10-7-14-35(23)2/h3-6,8-9,11-12,23-24H,1,7,10,13-17,19-21H2,2H3/t23-,24-/m0/s1. The first-order valence-corrected chi connectivity index (χ1v) is 14.1. The summed E-state index contributed by atoms with van der Waals surface area (Å²) in [5.41, 5.74) is 3.18. The molecule has 2 saturated heterocycles. The predicted octanol–water partition coefficient (Wildman–Crippen LogP) is 3.39. The van der Waals surface area contributed by atoms with Gasteiger partial charge in [-0.25, -0.2) is 0 Å². The summed E-state index contributed by atoms with van der Waals surface area (Å²) in [4.78, 5) is 30.5. The second-order valence-electron chi connectivity index (χ2n) is 10.8. The maximum Gasteiger partial charge on any atom is 0.318 e. The first-order valence-electron chi connectivity index (χ1n) is 14.1. The third kappa shape index (κ3) is 4.95. The van der Waals surface area contributed by atoms with Crippen LogP contribution in [-0.2, 0) is 17.8 Å². The van der Waals surface area contributed by atoms with Gasteiger partial charge in [0.05, 0.1) is 24.9 Å². The van der Waals surface area contributed by atoms with E-state index in [1.54, 1.807) is 4.90 Å². The predicted molar refractivity (Wildman–Crippen MR) is 155 cm³/mol. The zero-order valence-corrected chi connectivity index (χ0v) is 23.0. The van der Waals surface area contributed by atoms with Gasteiger partial charge >= 0.3 is 6.01 Å². The molecule has 0 aliphatic carbocycles. The van der Waals surface area contributed by atoms with Gasteiger partial charge in [0.25, 0.3) is 0 Å². The van der Waals surface area contributed by atoms with Crippen LogP contribution in [0.1, 0.15) is 24.1 Å². The Morgan fingerprint density at radius 3 is 2.80 bits per heavy atom. The molecule has 0 saturated carbocycles. The van der Waals surface area contributed by atoms with Crippen molar-refractivity contribution < 1.29 is 9.53 Å². The van der Waals surface area contributed by atoms with Crippen LogP contribution >= 0.6 is 0 Å². The Labute approximate surface area is 235 Å². The number of hydrogen-bond acceptors (Lipinski definition) is 8. The number of nitrogens with zero attached hydrogens (tertiary/aromatic N) is 7. The minimum Gasteiger partial charge on any atom is -0.462 e. The Morgan fingerprint density at radius 1 is 1.15 bits per heavy atom. The number of carbonyl (C=O) groups is 1. The molecule has 0 N–H and O–H groups in total. The van der Waals surface area contributed by atoms with Crippen molar-refractivity contribution in [3.63, 3.8) is 0 Å². The van der Waals surface area contributed by atoms with E-state index < -0.39 is 6.04 Å². The monoisotopic (exact) mass is 537 g/mol. The number of ether oxygens (including phenoxy) is 1. The highest BCUT2D eigenvalue weighted by atomic mass is 16.5. The largest absolute Gasteiger partial charge is 0.462 e. The molecule has 3 aliphatic heterocycles. The second-order valence-corrected chi connectivity index (χ2v) is 10.8. The molecule has 2 fully saturated rings. The number of nitriles is 1. The van der Waals surface area contributed by atoms with Gasteiger partial charge in [-0.05, 0) is 50.4 Å². The van der Waals surface area contributed by atoms with E-state index in [0.29, 0.717) is 44.8 Å². The highest BCUT2D eigenvalue weighted by Crippen LogP contribution is 2.35. The van der Waals surface area contributed by atoms with Crippen molar-refractivity contribution in [3.8, 4) is 12.1 Å². The lowest BCUT2D eigenvalue weighted by molar-refractivity contribution is -0.126. The van der Waals surface area contributed by atoms with Crippen LogP contribution in [0.3, 0.4) is 0 Å². The minimum absolute atomic E-state index is 0.153. The van der Waals surface area contributed by atoms with Crippen LogP contribution in [0.4, 0.5) is 11.5 Å². The summed E-state index contributed by atoms with van der Waals surface area (Å²) in [7, 11) is 2.13. The van der Waals surface area contributed by atoms with Gasteiger partial charge in [0, 0.05) is 42.3 Å². The molecule has 4 heterocycles. The molecule has 0 radical (unpaired) electrons. The van der Waals surface area contributed by atoms with Gasteiger partial charge in [-0.3, -0.25) is 4.79 Å². The zero-order valence-electron chi connectivity index (χ0n) is 23.0. The molecule has 3 aliphatic rings. The number of amides is 1. The molecule has 0 bridgehead atoms. The lowest BCUT2D eigenvalue weighted by Gasteiger charge is -2.40. The van der Waals surface area contributed by atoms with Crippen molar-refractivity contribution in [2.24, 2.45) is 0 Å². The van der Waals surface area contributed by atoms with Crippen LogP contribution in [0.5, 0.6) is 6.01 Å². The van der Waals surface area contributed by atoms with Gasteiger partial charge in [-0.15, -0.1) is 0 Å². The van der Waals surface area contributed by atoms with Crippen LogP contribution in [0.2, 0.25) is 0 Å². The summed E-state index contributed by atoms with van der Waals surface area (Å²) in [5.74, 6) is 0.606. The molecule has 9 nitrogen and oxygen atoms in total. The molecule has 40 heavy (non-hydrogen) atoms. The van der Waals surface area contributed by atoms with Crippen LogP contribution in [0, 0.1) is 11.3 Å². The van der Waals surface area contributed by atoms with Gasteiger partial charge in [0.1, 0.15) is 18.5 Å². The van der Waals surface area contributed by atoms with Crippen molar-refractivity contribution >= 4 is 28.2 Å². The number of anilines is 2. The number of hydrogen-bond donors (Lipinski definition) is 0. The van der Waals surface area contributed by atoms with E-state index >= 15 is 0 Å². The van der Waals surface area contributed by atoms with Gasteiger partial charge in [-0.1, -0.05) is 43.0 Å². The van der Waals surface area contributed by atoms with Crippen LogP contribution in [-0.4, -0.2) is 84.1 Å². The van der Waals surface area contributed by atoms with E-state index in [2.05, 4.69) is 72.0 Å². The average molecular weight is 538 g/mol. The molecular weight excluding hydrogens is 502 g/mol. The normalized spacial score (nSPS) is 21.2. The molecule has 206 valence electrons. The molecule has 3 aromatic rings. The van der Waals surface area contributed by atoms with Gasteiger partial charge in [0.15, 0.2) is 0 Å². The smallest absolute Gasteiger partial charge is 0.318 e. The zero-order chi connectivity index (χ0) is 27.6. The summed E-state index contributed by atoms with van der Waals surface area (Å²) < 4.78 is 6.24. The quantitative estimate of drug-likeness (QED) is 0.442. The van der Waals surface area contributed by atoms with Crippen molar-refractivity contribution in [2.45, 2.75) is 37.9 Å². The van der Waals surface area contributed by atoms with E-state index in [4.69, 9.17) is 14.7 Å². The van der Waals surface area contributed by atoms with E-state index in [1.165, 1.54) is 29.0 Å². The lowest BCUT2D eigenvalue weighted by Crippen LogP contribution is -2.54. The SMILES string of the molecule is C=CC(=O)N1CCN(c2nc(OC[C@@H]3CCCN3C)nc3c2CCN(c2cccc4ccccc24)C3)[C@@H](C#N)C1. The van der Waals surface area contributed by atoms with Gasteiger partial charge in [-0.2, -0.15) is 15.2 Å². The average Bonchev–Trinajstić information content (AvgIpc) is 3.42. The molecule has 2 aromatic carbocycles. The first-order chi connectivity index (χ1) is 19.6. The van der Waals surface area contributed by atoms with Crippen molar-refractivity contribution in [1.82, 2.24) is 19.8 Å². The number of likely N-dealkylation sites (N-methyl/N-ethyl adjacent to an activating group) is 1. The molecule has 9 heteroatoms. The van der Waals surface area contributed by atoms with Crippen LogP contribution in [0.15, 0.2) is 55.1 Å². The van der Waals surface area contributed by atoms with E-state index in [0.717, 1.165) is 43.0 Å². The highest BCUT2D eigenvalue weighted by molar-refractivity contribution is 5.94. The number of piperazine rings is 1. The van der Waals surface area contributed by atoms with E-state index in [-0.39, 0.29) is 5.91 Å². The summed E-state index contributed by atoms with van der Waals surface area (Å²) in [6, 6.07) is 17.5. The molecular formula is C31H35N7O2. The number of likely N-dealkylation sites (tertiary alicyclic amines) is 1. The molecule has 0 unspecified atom stereocenters. The summed E-state index contributed by atoms with van der Waals surface area (Å²) in [5, 5.41) is 12.5. The summed E-state index contributed by atoms with van der Waals surface area (Å²) in [6.07, 6.45) is 4.32. The van der Waals surface area contributed by atoms with Crippen molar-refractivity contribution in [1.29, 1.82) is 5.26 Å². The molecule has 2 atom stereocenters. The second kappa shape index (κ2) is 11.1. The Kier molecular flexibility index (Phi) is 7.27. The fraction of sp³-hybridized carbons (Fsp3) is 0.419. The molecule has 0 spiro atoms. The number of carbonyl (C=O) groups excluding carboxylic acids is 1. The third-order valence-corrected chi connectivity index (χ3v) is 8.49. The van der Waals surface area contributed by atoms with E-state index in [1.807, 2.05) is 4.90 Å². The van der Waals surface area contributed by atoms with Crippen LogP contribution < -0.4 is 14.5 Å². The Balaban J connectivity index is 1.34. The summed E-state index contributed by atoms with van der Waals surface area (Å²) >= 11 is 0. The Hall–Kier alpha value is -4.16. The first kappa shape index (κ1) is 26.1. The fourth-order valence-electron chi connectivity index (χ4n) is 6.22. The molecule has 6 rings (SSSR count). The van der Waals surface area contributed by atoms with Crippen molar-refractivity contribution in [3.05, 3.63) is 66.4 Å². The maximum atomic E-state index is 12.3. The van der Waals surface area contributed by atoms with Crippen LogP contribution in [0.25, 0.3) is 10.8 Å². The fourth-order valence-corrected chi connectivity index (χ4v) is 6.22. The van der Waals surface area contributed by atoms with Crippen molar-refractivity contribution in [2.75, 3.05) is 56.2 Å². The number of benzene rings is 2. The van der Waals surface area contributed by atoms with Gasteiger partial charge in [0.2, 0.25) is 5.91 Å². The Morgan fingerprint density at radius 2 is 2.00 bits per heavy atom. The number of aromatic nitrogens is 2. The number of fused-ring (bicyclic) bond motifs is 2. The topological polar surface area (TPSA) is 88.8 Å². The third-order valence-electron chi connectivity index (χ3n) is 8.49.